The van der Waals surface area contributed by atoms with Crippen LogP contribution in [-0.2, 0) is 56.2 Å². The lowest BCUT2D eigenvalue weighted by Crippen LogP contribution is -2.53. The summed E-state index contributed by atoms with van der Waals surface area (Å²) >= 11 is 0. The molecule has 2 aliphatic carbocycles. The van der Waals surface area contributed by atoms with Gasteiger partial charge in [0.1, 0.15) is 5.60 Å². The van der Waals surface area contributed by atoms with Gasteiger partial charge in [0.05, 0.1) is 42.3 Å². The maximum atomic E-state index is 14.4. The Labute approximate surface area is 274 Å². The van der Waals surface area contributed by atoms with Gasteiger partial charge in [0, 0.05) is 27.4 Å². The zero-order valence-electron chi connectivity index (χ0n) is 29.4. The Morgan fingerprint density at radius 1 is 0.913 bits per heavy atom. The van der Waals surface area contributed by atoms with Crippen LogP contribution in [0.25, 0.3) is 0 Å². The summed E-state index contributed by atoms with van der Waals surface area (Å²) in [5.74, 6) is -6.11. The molecule has 9 unspecified atom stereocenters. The van der Waals surface area contributed by atoms with Gasteiger partial charge in [0.2, 0.25) is 0 Å². The number of ether oxygens (including phenoxy) is 4. The van der Waals surface area contributed by atoms with Crippen molar-refractivity contribution in [1.29, 1.82) is 0 Å². The molecule has 13 heteroatoms. The third-order valence-corrected chi connectivity index (χ3v) is 13.6. The summed E-state index contributed by atoms with van der Waals surface area (Å²) in [5, 5.41) is 0. The molecule has 0 amide bonds. The molecule has 3 rings (SSSR count). The van der Waals surface area contributed by atoms with Gasteiger partial charge in [-0.15, -0.1) is 0 Å². The van der Waals surface area contributed by atoms with Gasteiger partial charge in [0.15, 0.2) is 0 Å². The van der Waals surface area contributed by atoms with E-state index in [1.807, 2.05) is 6.92 Å². The second-order valence-electron chi connectivity index (χ2n) is 14.7. The predicted molar refractivity (Wildman–Crippen MR) is 167 cm³/mol. The minimum atomic E-state index is -2.85. The van der Waals surface area contributed by atoms with E-state index in [9.17, 15) is 24.0 Å². The van der Waals surface area contributed by atoms with Crippen molar-refractivity contribution in [3.8, 4) is 0 Å². The number of rotatable bonds is 15. The van der Waals surface area contributed by atoms with Gasteiger partial charge in [-0.2, -0.15) is 0 Å². The Kier molecular flexibility index (Phi) is 11.9. The highest BCUT2D eigenvalue weighted by molar-refractivity contribution is 6.60. The maximum absolute atomic E-state index is 14.4. The Hall–Kier alpha value is -2.35. The van der Waals surface area contributed by atoms with E-state index in [1.54, 1.807) is 41.5 Å². The largest absolute Gasteiger partial charge is 0.500 e. The van der Waals surface area contributed by atoms with Crippen LogP contribution in [0.5, 0.6) is 0 Å². The van der Waals surface area contributed by atoms with E-state index >= 15 is 0 Å². The number of cyclic esters (lactones) is 2. The first kappa shape index (κ1) is 38.1. The molecular weight excluding hydrogens is 616 g/mol. The van der Waals surface area contributed by atoms with Gasteiger partial charge in [-0.3, -0.25) is 24.0 Å². The van der Waals surface area contributed by atoms with E-state index in [-0.39, 0.29) is 30.8 Å². The van der Waals surface area contributed by atoms with E-state index in [1.165, 1.54) is 28.4 Å². The maximum Gasteiger partial charge on any atom is 0.500 e. The van der Waals surface area contributed by atoms with Crippen LogP contribution in [0.2, 0.25) is 6.04 Å². The smallest absolute Gasteiger partial charge is 0.469 e. The number of carbonyl (C=O) groups excluding carboxylic acids is 5. The van der Waals surface area contributed by atoms with E-state index in [0.29, 0.717) is 31.7 Å². The first-order chi connectivity index (χ1) is 21.4. The third kappa shape index (κ3) is 7.37. The van der Waals surface area contributed by atoms with Crippen molar-refractivity contribution in [2.45, 2.75) is 92.2 Å². The highest BCUT2D eigenvalue weighted by atomic mass is 28.4. The molecule has 2 bridgehead atoms. The summed E-state index contributed by atoms with van der Waals surface area (Å²) in [6.07, 6.45) is 1.95. The summed E-state index contributed by atoms with van der Waals surface area (Å²) in [6.45, 7) is 12.6. The van der Waals surface area contributed by atoms with Crippen molar-refractivity contribution >= 4 is 38.7 Å². The van der Waals surface area contributed by atoms with E-state index in [0.717, 1.165) is 0 Å². The topological polar surface area (TPSA) is 150 Å². The molecule has 262 valence electrons. The van der Waals surface area contributed by atoms with Gasteiger partial charge >= 0.3 is 38.7 Å². The summed E-state index contributed by atoms with van der Waals surface area (Å²) in [4.78, 5) is 67.0. The van der Waals surface area contributed by atoms with Gasteiger partial charge in [0.25, 0.3) is 0 Å². The fraction of sp³-hybridized carbons (Fsp3) is 0.848. The van der Waals surface area contributed by atoms with Crippen LogP contribution in [-0.4, -0.2) is 79.3 Å². The van der Waals surface area contributed by atoms with Gasteiger partial charge in [-0.05, 0) is 90.4 Å². The summed E-state index contributed by atoms with van der Waals surface area (Å²) < 4.78 is 38.5. The second-order valence-corrected chi connectivity index (χ2v) is 17.8. The Balaban J connectivity index is 2.01. The van der Waals surface area contributed by atoms with Crippen LogP contribution in [0.15, 0.2) is 0 Å². The number of hydrogen-bond donors (Lipinski definition) is 0. The SMILES string of the molecule is CCC(C)(CC(C)(C(=O)OC(C)(C)C)C1C2CC(C(=O)OC)C(C2)C1C1C(=O)OC(=O)C1C)C(=O)OCCC[Si](OC)(OC)OC. The average Bonchev–Trinajstić information content (AvgIpc) is 3.66. The third-order valence-electron chi connectivity index (χ3n) is 10.8. The molecule has 9 atom stereocenters. The van der Waals surface area contributed by atoms with Crippen LogP contribution in [0.1, 0.15) is 80.6 Å². The average molecular weight is 671 g/mol. The van der Waals surface area contributed by atoms with Crippen LogP contribution in [0.3, 0.4) is 0 Å². The summed E-state index contributed by atoms with van der Waals surface area (Å²) in [7, 11) is 3.06. The number of hydrogen-bond acceptors (Lipinski definition) is 12. The first-order valence-corrected chi connectivity index (χ1v) is 18.2. The number of carbonyl (C=O) groups is 5. The molecule has 1 saturated heterocycles. The van der Waals surface area contributed by atoms with Crippen LogP contribution < -0.4 is 0 Å². The Bertz CT molecular complexity index is 1150. The summed E-state index contributed by atoms with van der Waals surface area (Å²) in [6, 6.07) is 0.449. The summed E-state index contributed by atoms with van der Waals surface area (Å²) in [5.41, 5.74) is -3.22. The molecule has 2 saturated carbocycles. The molecule has 0 radical (unpaired) electrons. The number of fused-ring (bicyclic) bond motifs is 2. The minimum Gasteiger partial charge on any atom is -0.469 e. The molecule has 0 aromatic carbocycles. The van der Waals surface area contributed by atoms with Gasteiger partial charge in [-0.25, -0.2) is 0 Å². The monoisotopic (exact) mass is 670 g/mol. The molecule has 1 heterocycles. The zero-order chi connectivity index (χ0) is 34.8. The van der Waals surface area contributed by atoms with Crippen molar-refractivity contribution in [2.75, 3.05) is 35.0 Å². The van der Waals surface area contributed by atoms with Crippen molar-refractivity contribution in [2.24, 2.45) is 52.3 Å². The highest BCUT2D eigenvalue weighted by Gasteiger charge is 2.68. The molecule has 46 heavy (non-hydrogen) atoms. The molecule has 0 aromatic rings. The molecule has 1 aliphatic heterocycles. The Morgan fingerprint density at radius 3 is 2.00 bits per heavy atom. The Morgan fingerprint density at radius 2 is 1.52 bits per heavy atom. The zero-order valence-corrected chi connectivity index (χ0v) is 30.4. The second kappa shape index (κ2) is 14.4. The predicted octanol–water partition coefficient (Wildman–Crippen LogP) is 4.35. The molecule has 3 fully saturated rings. The normalized spacial score (nSPS) is 30.4. The molecule has 0 N–H and O–H groups in total. The van der Waals surface area contributed by atoms with E-state index < -0.39 is 78.7 Å². The molecular formula is C33H54O12Si. The van der Waals surface area contributed by atoms with E-state index in [2.05, 4.69) is 0 Å². The van der Waals surface area contributed by atoms with Crippen LogP contribution in [0.4, 0.5) is 0 Å². The fourth-order valence-electron chi connectivity index (χ4n) is 8.43. The molecule has 0 aromatic heterocycles. The lowest BCUT2D eigenvalue weighted by molar-refractivity contribution is -0.182. The first-order valence-electron chi connectivity index (χ1n) is 16.3. The van der Waals surface area contributed by atoms with Gasteiger partial charge < -0.3 is 32.2 Å². The fourth-order valence-corrected chi connectivity index (χ4v) is 10.1. The lowest BCUT2D eigenvalue weighted by atomic mass is 9.54. The highest BCUT2D eigenvalue weighted by Crippen LogP contribution is 2.66. The van der Waals surface area contributed by atoms with Crippen molar-refractivity contribution in [3.63, 3.8) is 0 Å². The van der Waals surface area contributed by atoms with Crippen molar-refractivity contribution < 1.29 is 56.2 Å². The van der Waals surface area contributed by atoms with Crippen molar-refractivity contribution in [3.05, 3.63) is 0 Å². The number of methoxy groups -OCH3 is 1. The standard InChI is InChI=1S/C33H54O12Si/c1-12-32(6,29(37)43-14-13-15-46(40-9,41-10)42-11)18-33(7,30(38)45-31(3,4)5)25-20-16-21(22(17-20)27(35)39-8)24(25)23-19(2)26(34)44-28(23)36/h19-25H,12-18H2,1-11H3. The van der Waals surface area contributed by atoms with Gasteiger partial charge in [-0.1, -0.05) is 13.8 Å². The number of esters is 5. The van der Waals surface area contributed by atoms with Crippen LogP contribution >= 0.6 is 0 Å². The molecule has 0 spiro atoms. The van der Waals surface area contributed by atoms with E-state index in [4.69, 9.17) is 32.2 Å². The molecule has 3 aliphatic rings. The van der Waals surface area contributed by atoms with Crippen LogP contribution in [0, 0.1) is 52.3 Å². The van der Waals surface area contributed by atoms with Crippen molar-refractivity contribution in [1.82, 2.24) is 0 Å². The molecule has 12 nitrogen and oxygen atoms in total. The quantitative estimate of drug-likeness (QED) is 0.0801. The minimum absolute atomic E-state index is 0.0779. The lowest BCUT2D eigenvalue weighted by Gasteiger charge is -2.48.